The van der Waals surface area contributed by atoms with Crippen LogP contribution in [0, 0.1) is 0 Å². The lowest BCUT2D eigenvalue weighted by molar-refractivity contribution is 0.0697. The highest BCUT2D eigenvalue weighted by atomic mass is 16.5. The number of carboxylic acid groups (broad SMARTS) is 1. The minimum Gasteiger partial charge on any atom is -0.478 e. The van der Waals surface area contributed by atoms with Gasteiger partial charge in [-0.15, -0.1) is 0 Å². The van der Waals surface area contributed by atoms with E-state index >= 15 is 0 Å². The van der Waals surface area contributed by atoms with Crippen LogP contribution in [0.15, 0.2) is 37.1 Å². The Balaban J connectivity index is 2.01. The van der Waals surface area contributed by atoms with Crippen LogP contribution in [-0.4, -0.2) is 35.3 Å². The third-order valence-electron chi connectivity index (χ3n) is 3.01. The van der Waals surface area contributed by atoms with Crippen molar-refractivity contribution in [2.75, 3.05) is 13.2 Å². The quantitative estimate of drug-likeness (QED) is 0.711. The molecule has 110 valence electrons. The van der Waals surface area contributed by atoms with E-state index in [4.69, 9.17) is 9.84 Å². The molecule has 0 saturated carbocycles. The maximum Gasteiger partial charge on any atom is 0.407 e. The van der Waals surface area contributed by atoms with Gasteiger partial charge < -0.3 is 20.1 Å². The molecule has 6 heteroatoms. The average Bonchev–Trinajstić information content (AvgIpc) is 2.87. The molecule has 2 aromatic rings. The molecule has 0 bridgehead atoms. The fourth-order valence-electron chi connectivity index (χ4n) is 2.00. The topological polar surface area (TPSA) is 91.4 Å². The summed E-state index contributed by atoms with van der Waals surface area (Å²) in [6, 6.07) is 4.91. The van der Waals surface area contributed by atoms with Gasteiger partial charge in [-0.3, -0.25) is 0 Å². The van der Waals surface area contributed by atoms with Crippen LogP contribution in [0.4, 0.5) is 4.79 Å². The number of carboxylic acids is 1. The molecule has 1 heterocycles. The molecule has 0 unspecified atom stereocenters. The predicted molar refractivity (Wildman–Crippen MR) is 78.5 cm³/mol. The van der Waals surface area contributed by atoms with Gasteiger partial charge in [0, 0.05) is 23.6 Å². The number of fused-ring (bicyclic) bond motifs is 1. The second-order valence-corrected chi connectivity index (χ2v) is 4.44. The maximum atomic E-state index is 11.3. The molecule has 0 radical (unpaired) electrons. The summed E-state index contributed by atoms with van der Waals surface area (Å²) in [5.41, 5.74) is 2.04. The zero-order valence-electron chi connectivity index (χ0n) is 11.4. The number of amides is 1. The van der Waals surface area contributed by atoms with Crippen molar-refractivity contribution in [3.63, 3.8) is 0 Å². The molecule has 2 rings (SSSR count). The highest BCUT2D eigenvalue weighted by Gasteiger charge is 2.09. The van der Waals surface area contributed by atoms with E-state index in [1.54, 1.807) is 18.2 Å². The van der Waals surface area contributed by atoms with Crippen molar-refractivity contribution in [1.82, 2.24) is 10.3 Å². The molecule has 6 nitrogen and oxygen atoms in total. The molecule has 0 atom stereocenters. The SMILES string of the molecule is C=CCOC(=O)NCCc1c[nH]c2ccc(C(=O)O)cc12. The highest BCUT2D eigenvalue weighted by molar-refractivity contribution is 5.94. The van der Waals surface area contributed by atoms with E-state index in [1.165, 1.54) is 6.08 Å². The summed E-state index contributed by atoms with van der Waals surface area (Å²) in [5, 5.41) is 12.5. The Morgan fingerprint density at radius 3 is 2.95 bits per heavy atom. The number of aromatic nitrogens is 1. The summed E-state index contributed by atoms with van der Waals surface area (Å²) in [6.07, 6.45) is 3.38. The molecule has 0 saturated heterocycles. The number of benzene rings is 1. The van der Waals surface area contributed by atoms with Gasteiger partial charge in [0.25, 0.3) is 0 Å². The van der Waals surface area contributed by atoms with Crippen molar-refractivity contribution in [3.05, 3.63) is 48.2 Å². The number of aromatic amines is 1. The van der Waals surface area contributed by atoms with Gasteiger partial charge in [0.2, 0.25) is 0 Å². The summed E-state index contributed by atoms with van der Waals surface area (Å²) in [5.74, 6) is -0.963. The summed E-state index contributed by atoms with van der Waals surface area (Å²) in [6.45, 7) is 4.02. The first-order valence-electron chi connectivity index (χ1n) is 6.46. The predicted octanol–water partition coefficient (Wildman–Crippen LogP) is 2.32. The van der Waals surface area contributed by atoms with Gasteiger partial charge in [-0.05, 0) is 30.2 Å². The number of H-pyrrole nitrogens is 1. The van der Waals surface area contributed by atoms with Gasteiger partial charge in [-0.2, -0.15) is 0 Å². The second-order valence-electron chi connectivity index (χ2n) is 4.44. The Kier molecular flexibility index (Phi) is 4.61. The third-order valence-corrected chi connectivity index (χ3v) is 3.01. The number of hydrogen-bond donors (Lipinski definition) is 3. The van der Waals surface area contributed by atoms with Crippen molar-refractivity contribution >= 4 is 23.0 Å². The number of alkyl carbamates (subject to hydrolysis) is 1. The number of nitrogens with one attached hydrogen (secondary N) is 2. The van der Waals surface area contributed by atoms with Gasteiger partial charge in [0.05, 0.1) is 5.56 Å². The maximum absolute atomic E-state index is 11.3. The van der Waals surface area contributed by atoms with E-state index in [-0.39, 0.29) is 12.2 Å². The fourth-order valence-corrected chi connectivity index (χ4v) is 2.00. The Morgan fingerprint density at radius 1 is 1.43 bits per heavy atom. The van der Waals surface area contributed by atoms with Crippen molar-refractivity contribution in [2.24, 2.45) is 0 Å². The molecule has 21 heavy (non-hydrogen) atoms. The normalized spacial score (nSPS) is 10.3. The molecule has 0 aliphatic rings. The van der Waals surface area contributed by atoms with Crippen LogP contribution in [-0.2, 0) is 11.2 Å². The Hall–Kier alpha value is -2.76. The number of ether oxygens (including phenoxy) is 1. The Morgan fingerprint density at radius 2 is 2.24 bits per heavy atom. The first kappa shape index (κ1) is 14.6. The molecule has 1 amide bonds. The fraction of sp³-hybridized carbons (Fsp3) is 0.200. The van der Waals surface area contributed by atoms with E-state index in [0.717, 1.165) is 16.5 Å². The van der Waals surface area contributed by atoms with Gasteiger partial charge in [0.15, 0.2) is 0 Å². The number of carbonyl (C=O) groups excluding carboxylic acids is 1. The van der Waals surface area contributed by atoms with Crippen LogP contribution in [0.25, 0.3) is 10.9 Å². The second kappa shape index (κ2) is 6.60. The zero-order chi connectivity index (χ0) is 15.2. The highest BCUT2D eigenvalue weighted by Crippen LogP contribution is 2.20. The summed E-state index contributed by atoms with van der Waals surface area (Å²) in [7, 11) is 0. The third kappa shape index (κ3) is 3.62. The minimum atomic E-state index is -0.963. The molecule has 0 aliphatic carbocycles. The number of aromatic carboxylic acids is 1. The van der Waals surface area contributed by atoms with Gasteiger partial charge >= 0.3 is 12.1 Å². The van der Waals surface area contributed by atoms with E-state index in [9.17, 15) is 9.59 Å². The van der Waals surface area contributed by atoms with Crippen molar-refractivity contribution in [3.8, 4) is 0 Å². The van der Waals surface area contributed by atoms with Crippen molar-refractivity contribution < 1.29 is 19.4 Å². The molecular formula is C15H16N2O4. The zero-order valence-corrected chi connectivity index (χ0v) is 11.4. The average molecular weight is 288 g/mol. The molecule has 1 aromatic heterocycles. The minimum absolute atomic E-state index is 0.168. The van der Waals surface area contributed by atoms with Crippen molar-refractivity contribution in [2.45, 2.75) is 6.42 Å². The van der Waals surface area contributed by atoms with Crippen LogP contribution >= 0.6 is 0 Å². The molecule has 3 N–H and O–H groups in total. The Labute approximate surface area is 121 Å². The summed E-state index contributed by atoms with van der Waals surface area (Å²) < 4.78 is 4.80. The standard InChI is InChI=1S/C15H16N2O4/c1-2-7-21-15(20)16-6-5-11-9-17-13-4-3-10(14(18)19)8-12(11)13/h2-4,8-9,17H,1,5-7H2,(H,16,20)(H,18,19). The molecule has 0 spiro atoms. The summed E-state index contributed by atoms with van der Waals surface area (Å²) in [4.78, 5) is 25.3. The number of carbonyl (C=O) groups is 2. The lowest BCUT2D eigenvalue weighted by Crippen LogP contribution is -2.26. The van der Waals surface area contributed by atoms with E-state index in [1.807, 2.05) is 6.20 Å². The number of rotatable bonds is 6. The van der Waals surface area contributed by atoms with Crippen LogP contribution in [0.1, 0.15) is 15.9 Å². The molecule has 1 aromatic carbocycles. The lowest BCUT2D eigenvalue weighted by Gasteiger charge is -2.05. The van der Waals surface area contributed by atoms with Gasteiger partial charge in [-0.1, -0.05) is 12.7 Å². The monoisotopic (exact) mass is 288 g/mol. The van der Waals surface area contributed by atoms with Gasteiger partial charge in [-0.25, -0.2) is 9.59 Å². The van der Waals surface area contributed by atoms with Crippen LogP contribution in [0.5, 0.6) is 0 Å². The molecule has 0 fully saturated rings. The lowest BCUT2D eigenvalue weighted by atomic mass is 10.1. The first-order valence-corrected chi connectivity index (χ1v) is 6.46. The van der Waals surface area contributed by atoms with E-state index in [0.29, 0.717) is 13.0 Å². The van der Waals surface area contributed by atoms with Crippen molar-refractivity contribution in [1.29, 1.82) is 0 Å². The molecular weight excluding hydrogens is 272 g/mol. The van der Waals surface area contributed by atoms with E-state index < -0.39 is 12.1 Å². The number of hydrogen-bond acceptors (Lipinski definition) is 3. The first-order chi connectivity index (χ1) is 10.1. The smallest absolute Gasteiger partial charge is 0.407 e. The molecule has 0 aliphatic heterocycles. The van der Waals surface area contributed by atoms with Gasteiger partial charge in [0.1, 0.15) is 6.61 Å². The summed E-state index contributed by atoms with van der Waals surface area (Å²) >= 11 is 0. The van der Waals surface area contributed by atoms with Crippen LogP contribution in [0.2, 0.25) is 0 Å². The van der Waals surface area contributed by atoms with E-state index in [2.05, 4.69) is 16.9 Å². The Bertz CT molecular complexity index is 675. The largest absolute Gasteiger partial charge is 0.478 e. The van der Waals surface area contributed by atoms with Crippen LogP contribution in [0.3, 0.4) is 0 Å². The van der Waals surface area contributed by atoms with Crippen LogP contribution < -0.4 is 5.32 Å².